The Balaban J connectivity index is 1.41. The molecule has 1 saturated heterocycles. The third kappa shape index (κ3) is 4.36. The minimum Gasteiger partial charge on any atom is -0.495 e. The number of ether oxygens (including phenoxy) is 1. The lowest BCUT2D eigenvalue weighted by molar-refractivity contribution is 0.285. The van der Waals surface area contributed by atoms with Crippen LogP contribution < -0.4 is 20.7 Å². The van der Waals surface area contributed by atoms with E-state index in [0.29, 0.717) is 45.8 Å². The van der Waals surface area contributed by atoms with E-state index in [-0.39, 0.29) is 0 Å². The molecule has 10 heteroatoms. The normalized spacial score (nSPS) is 17.9. The molecule has 34 heavy (non-hydrogen) atoms. The maximum Gasteiger partial charge on any atom is 0.231 e. The fourth-order valence-electron chi connectivity index (χ4n) is 4.57. The van der Waals surface area contributed by atoms with E-state index in [1.165, 1.54) is 12.8 Å². The zero-order valence-electron chi connectivity index (χ0n) is 19.6. The van der Waals surface area contributed by atoms with Gasteiger partial charge in [0.2, 0.25) is 5.95 Å². The Bertz CT molecular complexity index is 1280. The number of aromatic amines is 1. The summed E-state index contributed by atoms with van der Waals surface area (Å²) in [5.41, 5.74) is 1.77. The molecule has 0 amide bonds. The van der Waals surface area contributed by atoms with Gasteiger partial charge in [0.1, 0.15) is 30.4 Å². The van der Waals surface area contributed by atoms with Crippen LogP contribution in [0, 0.1) is 11.3 Å². The third-order valence-corrected chi connectivity index (χ3v) is 9.72. The lowest BCUT2D eigenvalue weighted by Gasteiger charge is -2.32. The molecule has 1 aliphatic heterocycles. The van der Waals surface area contributed by atoms with Crippen LogP contribution >= 0.6 is 7.14 Å². The van der Waals surface area contributed by atoms with Gasteiger partial charge in [0.25, 0.3) is 0 Å². The van der Waals surface area contributed by atoms with Gasteiger partial charge < -0.3 is 24.9 Å². The number of nitriles is 1. The Hall–Kier alpha value is -3.08. The van der Waals surface area contributed by atoms with Crippen molar-refractivity contribution in [2.24, 2.45) is 0 Å². The van der Waals surface area contributed by atoms with Crippen LogP contribution in [0.15, 0.2) is 24.4 Å². The predicted molar refractivity (Wildman–Crippen MR) is 135 cm³/mol. The van der Waals surface area contributed by atoms with E-state index in [2.05, 4.69) is 43.5 Å². The highest BCUT2D eigenvalue weighted by molar-refractivity contribution is 7.71. The monoisotopic (exact) mass is 479 g/mol. The number of nitrogens with zero attached hydrogens (tertiary/aromatic N) is 4. The van der Waals surface area contributed by atoms with E-state index in [0.717, 1.165) is 43.7 Å². The minimum absolute atomic E-state index is 0.382. The molecule has 2 aliphatic rings. The second kappa shape index (κ2) is 9.28. The summed E-state index contributed by atoms with van der Waals surface area (Å²) in [6, 6.07) is 8.63. The molecular formula is C24H30N7O2P. The van der Waals surface area contributed by atoms with E-state index in [4.69, 9.17) is 4.74 Å². The van der Waals surface area contributed by atoms with Crippen LogP contribution in [0.1, 0.15) is 31.7 Å². The topological polar surface area (TPSA) is 119 Å². The molecule has 1 aliphatic carbocycles. The first-order chi connectivity index (χ1) is 16.5. The fraction of sp³-hybridized carbons (Fsp3) is 0.458. The number of rotatable bonds is 8. The first kappa shape index (κ1) is 22.7. The molecule has 2 aromatic heterocycles. The average Bonchev–Trinajstić information content (AvgIpc) is 3.62. The molecule has 0 radical (unpaired) electrons. The quantitative estimate of drug-likeness (QED) is 0.417. The Morgan fingerprint density at radius 1 is 1.29 bits per heavy atom. The van der Waals surface area contributed by atoms with Crippen molar-refractivity contribution in [3.05, 3.63) is 30.0 Å². The van der Waals surface area contributed by atoms with Gasteiger partial charge in [0, 0.05) is 49.5 Å². The summed E-state index contributed by atoms with van der Waals surface area (Å²) >= 11 is 0. The van der Waals surface area contributed by atoms with Gasteiger partial charge in [-0.2, -0.15) is 15.2 Å². The summed E-state index contributed by atoms with van der Waals surface area (Å²) in [7, 11) is -0.828. The highest BCUT2D eigenvalue weighted by Crippen LogP contribution is 2.48. The molecule has 0 atom stereocenters. The largest absolute Gasteiger partial charge is 0.495 e. The molecule has 9 nitrogen and oxygen atoms in total. The van der Waals surface area contributed by atoms with Gasteiger partial charge >= 0.3 is 0 Å². The summed E-state index contributed by atoms with van der Waals surface area (Å²) in [4.78, 5) is 14.7. The zero-order valence-corrected chi connectivity index (χ0v) is 20.5. The first-order valence-electron chi connectivity index (χ1n) is 11.9. The van der Waals surface area contributed by atoms with E-state index >= 15 is 0 Å². The van der Waals surface area contributed by atoms with E-state index in [9.17, 15) is 9.83 Å². The molecular weight excluding hydrogens is 449 g/mol. The zero-order chi connectivity index (χ0) is 23.7. The van der Waals surface area contributed by atoms with Crippen LogP contribution in [-0.2, 0) is 4.57 Å². The maximum atomic E-state index is 13.7. The van der Waals surface area contributed by atoms with Gasteiger partial charge in [0.05, 0.1) is 23.7 Å². The van der Waals surface area contributed by atoms with Crippen LogP contribution in [-0.4, -0.2) is 65.0 Å². The van der Waals surface area contributed by atoms with Crippen molar-refractivity contribution >= 4 is 40.9 Å². The molecule has 0 unspecified atom stereocenters. The second-order valence-corrected chi connectivity index (χ2v) is 12.2. The van der Waals surface area contributed by atoms with E-state index < -0.39 is 7.14 Å². The smallest absolute Gasteiger partial charge is 0.231 e. The van der Waals surface area contributed by atoms with E-state index in [1.807, 2.05) is 18.2 Å². The molecule has 3 N–H and O–H groups in total. The van der Waals surface area contributed by atoms with Gasteiger partial charge in [-0.1, -0.05) is 6.92 Å². The van der Waals surface area contributed by atoms with Gasteiger partial charge in [-0.3, -0.25) is 4.90 Å². The average molecular weight is 480 g/mol. The predicted octanol–water partition coefficient (Wildman–Crippen LogP) is 3.87. The molecule has 5 rings (SSSR count). The number of methoxy groups -OCH3 is 1. The number of benzene rings is 1. The molecule has 0 spiro atoms. The molecule has 178 valence electrons. The van der Waals surface area contributed by atoms with Crippen LogP contribution in [0.2, 0.25) is 0 Å². The van der Waals surface area contributed by atoms with Crippen LogP contribution in [0.25, 0.3) is 11.0 Å². The number of fused-ring (bicyclic) bond motifs is 1. The number of anilines is 3. The van der Waals surface area contributed by atoms with Crippen LogP contribution in [0.5, 0.6) is 5.75 Å². The molecule has 0 bridgehead atoms. The first-order valence-corrected chi connectivity index (χ1v) is 13.9. The van der Waals surface area contributed by atoms with Crippen molar-refractivity contribution in [1.82, 2.24) is 19.9 Å². The number of hydrogen-bond donors (Lipinski definition) is 3. The third-order valence-electron chi connectivity index (χ3n) is 6.66. The van der Waals surface area contributed by atoms with Crippen molar-refractivity contribution in [3.8, 4) is 11.8 Å². The van der Waals surface area contributed by atoms with Crippen molar-refractivity contribution in [1.29, 1.82) is 5.26 Å². The molecule has 3 aromatic rings. The van der Waals surface area contributed by atoms with Crippen molar-refractivity contribution in [2.45, 2.75) is 32.2 Å². The standard InChI is InChI=1S/C24H30N7O2P/c1-3-8-26-22-21-16(14-25)15-27-23(21)30-24(29-22)28-19-7-6-18(13-20(19)33-2)34(32)11-9-31(10-12-34)17-4-5-17/h6-7,13,15,17H,3-5,8-12H2,1-2H3,(H3,26,27,28,29,30). The van der Waals surface area contributed by atoms with Gasteiger partial charge in [-0.25, -0.2) is 0 Å². The summed E-state index contributed by atoms with van der Waals surface area (Å²) in [5.74, 6) is 1.59. The Morgan fingerprint density at radius 3 is 2.76 bits per heavy atom. The van der Waals surface area contributed by atoms with Crippen molar-refractivity contribution in [2.75, 3.05) is 49.7 Å². The van der Waals surface area contributed by atoms with Crippen LogP contribution in [0.4, 0.5) is 17.5 Å². The molecule has 3 heterocycles. The lowest BCUT2D eigenvalue weighted by atomic mass is 10.2. The second-order valence-electron chi connectivity index (χ2n) is 8.97. The summed E-state index contributed by atoms with van der Waals surface area (Å²) in [6.45, 7) is 4.62. The van der Waals surface area contributed by atoms with Gasteiger partial charge in [0.15, 0.2) is 0 Å². The Kier molecular flexibility index (Phi) is 6.20. The number of H-pyrrole nitrogens is 1. The maximum absolute atomic E-state index is 13.7. The summed E-state index contributed by atoms with van der Waals surface area (Å²) < 4.78 is 19.4. The van der Waals surface area contributed by atoms with Crippen LogP contribution in [0.3, 0.4) is 0 Å². The number of hydrogen-bond acceptors (Lipinski definition) is 8. The highest BCUT2D eigenvalue weighted by Gasteiger charge is 2.37. The van der Waals surface area contributed by atoms with Gasteiger partial charge in [-0.15, -0.1) is 0 Å². The van der Waals surface area contributed by atoms with Gasteiger partial charge in [-0.05, 0) is 37.5 Å². The minimum atomic E-state index is -2.44. The Morgan fingerprint density at radius 2 is 2.09 bits per heavy atom. The molecule has 1 aromatic carbocycles. The molecule has 2 fully saturated rings. The Labute approximate surface area is 199 Å². The highest BCUT2D eigenvalue weighted by atomic mass is 31.2. The van der Waals surface area contributed by atoms with E-state index in [1.54, 1.807) is 13.3 Å². The lowest BCUT2D eigenvalue weighted by Crippen LogP contribution is -2.38. The van der Waals surface area contributed by atoms with Crippen molar-refractivity contribution in [3.63, 3.8) is 0 Å². The summed E-state index contributed by atoms with van der Waals surface area (Å²) in [6.07, 6.45) is 6.57. The van der Waals surface area contributed by atoms with Crippen molar-refractivity contribution < 1.29 is 9.30 Å². The molecule has 1 saturated carbocycles. The fourth-order valence-corrected chi connectivity index (χ4v) is 7.17. The SMILES string of the molecule is CCCNc1nc(Nc2ccc(P3(=O)CCN(C4CC4)CC3)cc2OC)nc2[nH]cc(C#N)c12. The number of nitrogens with one attached hydrogen (secondary N) is 3. The summed E-state index contributed by atoms with van der Waals surface area (Å²) in [5, 5.41) is 17.5. The number of aromatic nitrogens is 3.